The Morgan fingerprint density at radius 3 is 2.83 bits per heavy atom. The van der Waals surface area contributed by atoms with Gasteiger partial charge in [0.2, 0.25) is 0 Å². The molecule has 1 aliphatic rings. The second-order valence-electron chi connectivity index (χ2n) is 6.83. The van der Waals surface area contributed by atoms with E-state index in [1.165, 1.54) is 27.9 Å². The van der Waals surface area contributed by atoms with Crippen molar-refractivity contribution in [2.24, 2.45) is 7.05 Å². The van der Waals surface area contributed by atoms with E-state index in [-0.39, 0.29) is 0 Å². The van der Waals surface area contributed by atoms with Gasteiger partial charge in [0.1, 0.15) is 5.82 Å². The van der Waals surface area contributed by atoms with Crippen molar-refractivity contribution in [3.8, 4) is 0 Å². The third kappa shape index (κ3) is 2.54. The molecule has 0 bridgehead atoms. The van der Waals surface area contributed by atoms with Crippen molar-refractivity contribution in [1.29, 1.82) is 0 Å². The number of aromatic nitrogens is 3. The molecule has 126 valence electrons. The topological polar surface area (TPSA) is 26.0 Å². The Labute approximate surface area is 147 Å². The summed E-state index contributed by atoms with van der Waals surface area (Å²) in [6, 6.07) is 6.30. The number of hydrogen-bond donors (Lipinski definition) is 0. The number of nitrogens with zero attached hydrogens (tertiary/aromatic N) is 4. The molecule has 0 fully saturated rings. The molecule has 2 aromatic heterocycles. The third-order valence-electron chi connectivity index (χ3n) is 5.32. The molecule has 0 radical (unpaired) electrons. The predicted molar refractivity (Wildman–Crippen MR) is 98.6 cm³/mol. The first-order valence-electron chi connectivity index (χ1n) is 8.50. The molecular weight excluding hydrogens is 320 g/mol. The Hall–Kier alpha value is -1.78. The lowest BCUT2D eigenvalue weighted by Gasteiger charge is -2.24. The van der Waals surface area contributed by atoms with Crippen LogP contribution in [0.5, 0.6) is 0 Å². The summed E-state index contributed by atoms with van der Waals surface area (Å²) in [6.07, 6.45) is 4.09. The van der Waals surface area contributed by atoms with Crippen molar-refractivity contribution in [3.05, 3.63) is 52.2 Å². The average molecular weight is 343 g/mol. The summed E-state index contributed by atoms with van der Waals surface area (Å²) in [4.78, 5) is 6.80. The smallest absolute Gasteiger partial charge is 0.105 e. The van der Waals surface area contributed by atoms with Gasteiger partial charge in [-0.25, -0.2) is 4.98 Å². The lowest BCUT2D eigenvalue weighted by Crippen LogP contribution is -2.27. The zero-order valence-electron chi connectivity index (χ0n) is 14.5. The fraction of sp³-hybridized carbons (Fsp3) is 0.421. The van der Waals surface area contributed by atoms with Gasteiger partial charge in [-0.15, -0.1) is 0 Å². The molecular formula is C19H23ClN4. The highest BCUT2D eigenvalue weighted by molar-refractivity contribution is 6.31. The van der Waals surface area contributed by atoms with E-state index in [2.05, 4.69) is 45.2 Å². The second kappa shape index (κ2) is 5.94. The molecule has 0 amide bonds. The van der Waals surface area contributed by atoms with E-state index in [1.54, 1.807) is 0 Å². The van der Waals surface area contributed by atoms with Crippen molar-refractivity contribution in [2.45, 2.75) is 32.9 Å². The average Bonchev–Trinajstić information content (AvgIpc) is 3.04. The van der Waals surface area contributed by atoms with Crippen LogP contribution >= 0.6 is 11.6 Å². The van der Waals surface area contributed by atoms with Crippen molar-refractivity contribution < 1.29 is 0 Å². The predicted octanol–water partition coefficient (Wildman–Crippen LogP) is 3.57. The minimum atomic E-state index is 0.818. The van der Waals surface area contributed by atoms with Crippen LogP contribution in [0.1, 0.15) is 22.8 Å². The summed E-state index contributed by atoms with van der Waals surface area (Å²) < 4.78 is 4.68. The molecule has 0 aliphatic carbocycles. The standard InChI is InChI=1S/C19H23ClN4/c1-13-21-11-15(23(13)3)6-9-24-18-5-4-14(20)10-16(18)17-12-22(2)8-7-19(17)24/h4-5,10-11H,6-9,12H2,1-3H3. The molecule has 0 spiro atoms. The van der Waals surface area contributed by atoms with E-state index in [0.717, 1.165) is 43.3 Å². The van der Waals surface area contributed by atoms with Gasteiger partial charge in [-0.05, 0) is 37.7 Å². The van der Waals surface area contributed by atoms with E-state index in [9.17, 15) is 0 Å². The van der Waals surface area contributed by atoms with E-state index in [0.29, 0.717) is 0 Å². The Balaban J connectivity index is 1.76. The minimum Gasteiger partial charge on any atom is -0.344 e. The van der Waals surface area contributed by atoms with Gasteiger partial charge in [-0.1, -0.05) is 11.6 Å². The van der Waals surface area contributed by atoms with E-state index >= 15 is 0 Å². The van der Waals surface area contributed by atoms with E-state index in [4.69, 9.17) is 11.6 Å². The Morgan fingerprint density at radius 1 is 1.25 bits per heavy atom. The highest BCUT2D eigenvalue weighted by Crippen LogP contribution is 2.32. The van der Waals surface area contributed by atoms with Gasteiger partial charge >= 0.3 is 0 Å². The Morgan fingerprint density at radius 2 is 2.08 bits per heavy atom. The maximum Gasteiger partial charge on any atom is 0.105 e. The number of hydrogen-bond acceptors (Lipinski definition) is 2. The van der Waals surface area contributed by atoms with Crippen molar-refractivity contribution in [1.82, 2.24) is 19.0 Å². The highest BCUT2D eigenvalue weighted by Gasteiger charge is 2.22. The maximum absolute atomic E-state index is 6.27. The molecule has 0 saturated heterocycles. The number of likely N-dealkylation sites (N-methyl/N-ethyl adjacent to an activating group) is 1. The summed E-state index contributed by atoms with van der Waals surface area (Å²) in [5.41, 5.74) is 5.51. The fourth-order valence-corrected chi connectivity index (χ4v) is 3.99. The molecule has 0 N–H and O–H groups in total. The summed E-state index contributed by atoms with van der Waals surface area (Å²) in [6.45, 7) is 5.15. The first-order valence-corrected chi connectivity index (χ1v) is 8.87. The quantitative estimate of drug-likeness (QED) is 0.727. The zero-order chi connectivity index (χ0) is 16.8. The number of fused-ring (bicyclic) bond motifs is 3. The van der Waals surface area contributed by atoms with Gasteiger partial charge in [0, 0.05) is 73.0 Å². The van der Waals surface area contributed by atoms with Gasteiger partial charge in [0.15, 0.2) is 0 Å². The molecule has 0 unspecified atom stereocenters. The lowest BCUT2D eigenvalue weighted by molar-refractivity contribution is 0.309. The highest BCUT2D eigenvalue weighted by atomic mass is 35.5. The number of rotatable bonds is 3. The molecule has 4 nitrogen and oxygen atoms in total. The van der Waals surface area contributed by atoms with Crippen LogP contribution in [-0.2, 0) is 33.0 Å². The molecule has 1 aliphatic heterocycles. The van der Waals surface area contributed by atoms with Crippen LogP contribution in [0.25, 0.3) is 10.9 Å². The Kier molecular flexibility index (Phi) is 3.89. The third-order valence-corrected chi connectivity index (χ3v) is 5.55. The first kappa shape index (κ1) is 15.7. The number of imidazole rings is 1. The summed E-state index contributed by atoms with van der Waals surface area (Å²) >= 11 is 6.27. The van der Waals surface area contributed by atoms with Crippen LogP contribution < -0.4 is 0 Å². The fourth-order valence-electron chi connectivity index (χ4n) is 3.82. The van der Waals surface area contributed by atoms with Crippen LogP contribution in [0.15, 0.2) is 24.4 Å². The lowest BCUT2D eigenvalue weighted by atomic mass is 10.1. The first-order chi connectivity index (χ1) is 11.5. The monoisotopic (exact) mass is 342 g/mol. The van der Waals surface area contributed by atoms with Crippen molar-refractivity contribution >= 4 is 22.5 Å². The summed E-state index contributed by atoms with van der Waals surface area (Å²) in [7, 11) is 4.28. The largest absolute Gasteiger partial charge is 0.344 e. The van der Waals surface area contributed by atoms with Crippen LogP contribution in [0, 0.1) is 6.92 Å². The molecule has 0 atom stereocenters. The molecule has 3 heterocycles. The normalized spacial score (nSPS) is 15.2. The molecule has 5 heteroatoms. The van der Waals surface area contributed by atoms with Crippen LogP contribution in [0.4, 0.5) is 0 Å². The summed E-state index contributed by atoms with van der Waals surface area (Å²) in [5.74, 6) is 1.07. The van der Waals surface area contributed by atoms with E-state index < -0.39 is 0 Å². The molecule has 1 aromatic carbocycles. The van der Waals surface area contributed by atoms with E-state index in [1.807, 2.05) is 19.2 Å². The second-order valence-corrected chi connectivity index (χ2v) is 7.27. The zero-order valence-corrected chi connectivity index (χ0v) is 15.3. The molecule has 24 heavy (non-hydrogen) atoms. The molecule has 4 rings (SSSR count). The molecule has 0 saturated carbocycles. The van der Waals surface area contributed by atoms with Gasteiger partial charge in [0.25, 0.3) is 0 Å². The van der Waals surface area contributed by atoms with Gasteiger partial charge in [-0.2, -0.15) is 0 Å². The van der Waals surface area contributed by atoms with Gasteiger partial charge in [0.05, 0.1) is 0 Å². The minimum absolute atomic E-state index is 0.818. The van der Waals surface area contributed by atoms with Crippen molar-refractivity contribution in [3.63, 3.8) is 0 Å². The van der Waals surface area contributed by atoms with Crippen LogP contribution in [-0.4, -0.2) is 32.6 Å². The van der Waals surface area contributed by atoms with Gasteiger partial charge in [-0.3, -0.25) is 0 Å². The Bertz CT molecular complexity index is 906. The van der Waals surface area contributed by atoms with Gasteiger partial charge < -0.3 is 14.0 Å². The van der Waals surface area contributed by atoms with Crippen molar-refractivity contribution in [2.75, 3.05) is 13.6 Å². The van der Waals surface area contributed by atoms with Crippen LogP contribution in [0.2, 0.25) is 5.02 Å². The number of halogens is 1. The SMILES string of the molecule is Cc1ncc(CCn2c3c(c4cc(Cl)ccc42)CN(C)CC3)n1C. The number of benzene rings is 1. The summed E-state index contributed by atoms with van der Waals surface area (Å²) in [5, 5.41) is 2.13. The number of aryl methyl sites for hydroxylation is 3. The van der Waals surface area contributed by atoms with Crippen LogP contribution in [0.3, 0.4) is 0 Å². The molecule has 3 aromatic rings. The maximum atomic E-state index is 6.27.